The number of hydrogen-bond acceptors (Lipinski definition) is 5. The van der Waals surface area contributed by atoms with Gasteiger partial charge in [0.1, 0.15) is 12.2 Å². The Kier molecular flexibility index (Phi) is 4.18. The Hall–Kier alpha value is -1.88. The molecule has 5 nitrogen and oxygen atoms in total. The van der Waals surface area contributed by atoms with E-state index in [4.69, 9.17) is 9.47 Å². The monoisotopic (exact) mass is 346 g/mol. The molecule has 1 heterocycles. The van der Waals surface area contributed by atoms with Gasteiger partial charge >= 0.3 is 11.9 Å². The van der Waals surface area contributed by atoms with Crippen LogP contribution in [0.4, 0.5) is 0 Å². The fourth-order valence-electron chi connectivity index (χ4n) is 4.53. The second-order valence-corrected chi connectivity index (χ2v) is 7.88. The molecule has 1 saturated heterocycles. The molecule has 1 N–H and O–H groups in total. The minimum atomic E-state index is -1.47. The highest BCUT2D eigenvalue weighted by molar-refractivity contribution is 5.88. The third-order valence-corrected chi connectivity index (χ3v) is 6.33. The first kappa shape index (κ1) is 17.9. The average Bonchev–Trinajstić information content (AvgIpc) is 2.78. The number of allylic oxidation sites excluding steroid dienone is 2. The Morgan fingerprint density at radius 3 is 2.80 bits per heavy atom. The molecule has 1 saturated carbocycles. The molecule has 0 amide bonds. The SMILES string of the molecule is C=C1C=C[C@H](OC(=O)/C(C)=C\C)[C@]2(C)CC[C@@H]3[C@H](OC(=O)[C@]3(C)O)[C@@H]12. The third kappa shape index (κ3) is 2.56. The van der Waals surface area contributed by atoms with Gasteiger partial charge < -0.3 is 14.6 Å². The van der Waals surface area contributed by atoms with Gasteiger partial charge in [0.2, 0.25) is 0 Å². The lowest BCUT2D eigenvalue weighted by Gasteiger charge is -2.51. The summed E-state index contributed by atoms with van der Waals surface area (Å²) in [6.45, 7) is 11.2. The Bertz CT molecular complexity index is 686. The first-order valence-corrected chi connectivity index (χ1v) is 8.77. The van der Waals surface area contributed by atoms with Gasteiger partial charge in [0.05, 0.1) is 0 Å². The van der Waals surface area contributed by atoms with Gasteiger partial charge in [-0.1, -0.05) is 25.7 Å². The molecule has 1 aliphatic heterocycles. The number of aliphatic hydroxyl groups is 1. The van der Waals surface area contributed by atoms with Crippen LogP contribution in [0.1, 0.15) is 40.5 Å². The first-order chi connectivity index (χ1) is 11.6. The van der Waals surface area contributed by atoms with Gasteiger partial charge in [-0.2, -0.15) is 0 Å². The zero-order valence-corrected chi connectivity index (χ0v) is 15.2. The maximum absolute atomic E-state index is 12.3. The summed E-state index contributed by atoms with van der Waals surface area (Å²) in [5.74, 6) is -1.37. The molecule has 0 spiro atoms. The quantitative estimate of drug-likeness (QED) is 0.615. The zero-order chi connectivity index (χ0) is 18.6. The van der Waals surface area contributed by atoms with Gasteiger partial charge in [0.15, 0.2) is 5.60 Å². The fraction of sp³-hybridized carbons (Fsp3) is 0.600. The summed E-state index contributed by atoms with van der Waals surface area (Å²) in [4.78, 5) is 24.4. The van der Waals surface area contributed by atoms with Gasteiger partial charge in [-0.3, -0.25) is 0 Å². The zero-order valence-electron chi connectivity index (χ0n) is 15.2. The van der Waals surface area contributed by atoms with Crippen LogP contribution in [-0.4, -0.2) is 34.9 Å². The molecular weight excluding hydrogens is 320 g/mol. The highest BCUT2D eigenvalue weighted by Crippen LogP contribution is 2.57. The van der Waals surface area contributed by atoms with Crippen molar-refractivity contribution in [3.63, 3.8) is 0 Å². The van der Waals surface area contributed by atoms with Crippen molar-refractivity contribution < 1.29 is 24.2 Å². The molecule has 0 aromatic rings. The molecule has 2 aliphatic carbocycles. The van der Waals surface area contributed by atoms with Crippen molar-refractivity contribution >= 4 is 11.9 Å². The minimum absolute atomic E-state index is 0.183. The van der Waals surface area contributed by atoms with Crippen LogP contribution in [0, 0.1) is 17.3 Å². The predicted molar refractivity (Wildman–Crippen MR) is 92.4 cm³/mol. The molecule has 6 atom stereocenters. The van der Waals surface area contributed by atoms with Crippen LogP contribution in [0.5, 0.6) is 0 Å². The van der Waals surface area contributed by atoms with E-state index in [1.54, 1.807) is 19.9 Å². The van der Waals surface area contributed by atoms with Crippen LogP contribution in [0.25, 0.3) is 0 Å². The standard InChI is InChI=1S/C20H26O5/c1-6-11(2)17(21)24-14-8-7-12(3)15-16-13(9-10-19(14,15)4)20(5,23)18(22)25-16/h6-8,13-16,23H,3,9-10H2,1-2,4-5H3/b11-6-/t13-,14+,15-,16+,19+,20-/m1/s1. The van der Waals surface area contributed by atoms with Gasteiger partial charge in [-0.25, -0.2) is 9.59 Å². The number of esters is 2. The largest absolute Gasteiger partial charge is 0.459 e. The normalized spacial score (nSPS) is 43.3. The number of carbonyl (C=O) groups is 2. The van der Waals surface area contributed by atoms with Gasteiger partial charge in [-0.15, -0.1) is 0 Å². The second kappa shape index (κ2) is 5.84. The van der Waals surface area contributed by atoms with E-state index in [1.165, 1.54) is 6.92 Å². The van der Waals surface area contributed by atoms with Crippen LogP contribution >= 0.6 is 0 Å². The van der Waals surface area contributed by atoms with E-state index in [0.717, 1.165) is 5.57 Å². The fourth-order valence-corrected chi connectivity index (χ4v) is 4.53. The van der Waals surface area contributed by atoms with E-state index in [2.05, 4.69) is 6.58 Å². The summed E-state index contributed by atoms with van der Waals surface area (Å²) < 4.78 is 11.3. The second-order valence-electron chi connectivity index (χ2n) is 7.88. The number of carbonyl (C=O) groups excluding carboxylic acids is 2. The molecule has 0 aromatic carbocycles. The van der Waals surface area contributed by atoms with E-state index >= 15 is 0 Å². The minimum Gasteiger partial charge on any atom is -0.459 e. The van der Waals surface area contributed by atoms with Crippen molar-refractivity contribution in [2.75, 3.05) is 0 Å². The average molecular weight is 346 g/mol. The Morgan fingerprint density at radius 1 is 1.48 bits per heavy atom. The van der Waals surface area contributed by atoms with E-state index in [1.807, 2.05) is 19.1 Å². The van der Waals surface area contributed by atoms with Crippen LogP contribution in [-0.2, 0) is 19.1 Å². The maximum Gasteiger partial charge on any atom is 0.338 e. The van der Waals surface area contributed by atoms with Gasteiger partial charge in [0.25, 0.3) is 0 Å². The Morgan fingerprint density at radius 2 is 2.16 bits per heavy atom. The molecule has 5 heteroatoms. The van der Waals surface area contributed by atoms with Crippen LogP contribution in [0.15, 0.2) is 36.0 Å². The van der Waals surface area contributed by atoms with E-state index in [0.29, 0.717) is 18.4 Å². The molecule has 0 radical (unpaired) electrons. The smallest absolute Gasteiger partial charge is 0.338 e. The van der Waals surface area contributed by atoms with Gasteiger partial charge in [-0.05, 0) is 45.3 Å². The van der Waals surface area contributed by atoms with E-state index in [9.17, 15) is 14.7 Å². The number of ether oxygens (including phenoxy) is 2. The van der Waals surface area contributed by atoms with Crippen LogP contribution < -0.4 is 0 Å². The molecule has 2 fully saturated rings. The first-order valence-electron chi connectivity index (χ1n) is 8.77. The van der Waals surface area contributed by atoms with Gasteiger partial charge in [0, 0.05) is 22.8 Å². The molecule has 0 aromatic heterocycles. The van der Waals surface area contributed by atoms with E-state index < -0.39 is 29.2 Å². The molecule has 0 unspecified atom stereocenters. The van der Waals surface area contributed by atoms with Crippen molar-refractivity contribution in [2.24, 2.45) is 17.3 Å². The third-order valence-electron chi connectivity index (χ3n) is 6.33. The summed E-state index contributed by atoms with van der Waals surface area (Å²) in [5, 5.41) is 10.5. The van der Waals surface area contributed by atoms with E-state index in [-0.39, 0.29) is 17.8 Å². The molecule has 25 heavy (non-hydrogen) atoms. The number of fused-ring (bicyclic) bond motifs is 3. The molecule has 3 rings (SSSR count). The van der Waals surface area contributed by atoms with Crippen molar-refractivity contribution in [1.29, 1.82) is 0 Å². The van der Waals surface area contributed by atoms with Crippen molar-refractivity contribution in [1.82, 2.24) is 0 Å². The number of hydrogen-bond donors (Lipinski definition) is 1. The Labute approximate surface area is 148 Å². The molecule has 3 aliphatic rings. The summed E-state index contributed by atoms with van der Waals surface area (Å²) in [6, 6.07) is 0. The predicted octanol–water partition coefficient (Wildman–Crippen LogP) is 2.70. The lowest BCUT2D eigenvalue weighted by Crippen LogP contribution is -2.55. The summed E-state index contributed by atoms with van der Waals surface area (Å²) >= 11 is 0. The molecular formula is C20H26O5. The van der Waals surface area contributed by atoms with Crippen molar-refractivity contribution in [3.05, 3.63) is 36.0 Å². The van der Waals surface area contributed by atoms with Crippen LogP contribution in [0.2, 0.25) is 0 Å². The maximum atomic E-state index is 12.3. The van der Waals surface area contributed by atoms with Crippen LogP contribution in [0.3, 0.4) is 0 Å². The summed E-state index contributed by atoms with van der Waals surface area (Å²) in [7, 11) is 0. The highest BCUT2D eigenvalue weighted by Gasteiger charge is 2.63. The summed E-state index contributed by atoms with van der Waals surface area (Å²) in [5.41, 5.74) is -0.488. The highest BCUT2D eigenvalue weighted by atomic mass is 16.6. The Balaban J connectivity index is 1.94. The molecule has 0 bridgehead atoms. The molecule has 136 valence electrons. The lowest BCUT2D eigenvalue weighted by atomic mass is 9.55. The number of rotatable bonds is 2. The summed E-state index contributed by atoms with van der Waals surface area (Å²) in [6.07, 6.45) is 5.92. The van der Waals surface area contributed by atoms with Crippen molar-refractivity contribution in [2.45, 2.75) is 58.3 Å². The lowest BCUT2D eigenvalue weighted by molar-refractivity contribution is -0.161. The topological polar surface area (TPSA) is 72.8 Å². The van der Waals surface area contributed by atoms with Crippen molar-refractivity contribution in [3.8, 4) is 0 Å².